The number of unbranched alkanes of at least 4 members (excludes halogenated alkanes) is 9. The number of Topliss-reactive ketones (excluding diaryl/α,β-unsaturated/α-hetero) is 1. The molecule has 0 fully saturated rings. The lowest BCUT2D eigenvalue weighted by Gasteiger charge is -2.27. The highest BCUT2D eigenvalue weighted by molar-refractivity contribution is 9.13. The van der Waals surface area contributed by atoms with Crippen molar-refractivity contribution in [2.75, 3.05) is 11.4 Å². The Hall–Kier alpha value is -1.91. The molecule has 0 bridgehead atoms. The highest BCUT2D eigenvalue weighted by atomic mass is 79.9. The number of allylic oxidation sites excluding steroid dienone is 11. The number of hydrogen-bond acceptors (Lipinski definition) is 2. The van der Waals surface area contributed by atoms with E-state index in [0.29, 0.717) is 8.96 Å². The van der Waals surface area contributed by atoms with Gasteiger partial charge < -0.3 is 4.90 Å². The van der Waals surface area contributed by atoms with Gasteiger partial charge in [-0.3, -0.25) is 4.79 Å². The first-order valence-electron chi connectivity index (χ1n) is 13.0. The molecular weight excluding hydrogens is 562 g/mol. The maximum Gasteiger partial charge on any atom is 0.206 e. The van der Waals surface area contributed by atoms with Gasteiger partial charge in [-0.25, -0.2) is 0 Å². The Morgan fingerprint density at radius 1 is 0.800 bits per heavy atom. The van der Waals surface area contributed by atoms with Crippen LogP contribution in [-0.2, 0) is 4.79 Å². The molecule has 0 N–H and O–H groups in total. The molecule has 186 valence electrons. The minimum absolute atomic E-state index is 0.0282. The first-order chi connectivity index (χ1) is 17.1. The van der Waals surface area contributed by atoms with E-state index in [9.17, 15) is 4.79 Å². The number of carbonyl (C=O) groups excluding carboxylic acids is 1. The van der Waals surface area contributed by atoms with Crippen LogP contribution < -0.4 is 4.90 Å². The second kappa shape index (κ2) is 15.3. The van der Waals surface area contributed by atoms with E-state index in [1.165, 1.54) is 81.0 Å². The molecule has 0 saturated carbocycles. The van der Waals surface area contributed by atoms with Crippen LogP contribution in [0.25, 0.3) is 5.57 Å². The smallest absolute Gasteiger partial charge is 0.206 e. The Kier molecular flexibility index (Phi) is 12.1. The number of nitrogens with zero attached hydrogens (tertiary/aromatic N) is 1. The van der Waals surface area contributed by atoms with E-state index in [4.69, 9.17) is 0 Å². The van der Waals surface area contributed by atoms with Crippen molar-refractivity contribution in [1.29, 1.82) is 0 Å². The predicted octanol–water partition coefficient (Wildman–Crippen LogP) is 9.95. The normalized spacial score (nSPS) is 16.7. The average molecular weight is 599 g/mol. The van der Waals surface area contributed by atoms with Crippen molar-refractivity contribution < 1.29 is 4.79 Å². The summed E-state index contributed by atoms with van der Waals surface area (Å²) in [5.74, 6) is -0.0282. The summed E-state index contributed by atoms with van der Waals surface area (Å²) in [5.41, 5.74) is 4.74. The molecule has 3 rings (SSSR count). The van der Waals surface area contributed by atoms with Gasteiger partial charge in [0, 0.05) is 24.0 Å². The van der Waals surface area contributed by atoms with E-state index in [1.54, 1.807) is 0 Å². The van der Waals surface area contributed by atoms with Crippen molar-refractivity contribution in [2.24, 2.45) is 0 Å². The summed E-state index contributed by atoms with van der Waals surface area (Å²) < 4.78 is 1.13. The number of hydrogen-bond donors (Lipinski definition) is 0. The van der Waals surface area contributed by atoms with Gasteiger partial charge in [0.25, 0.3) is 0 Å². The molecule has 0 unspecified atom stereocenters. The van der Waals surface area contributed by atoms with Gasteiger partial charge in [-0.2, -0.15) is 0 Å². The molecular formula is C31H37Br2NO. The standard InChI is InChI=1S/C31H37Br2NO/c1-2-3-4-5-6-7-8-9-10-15-21-34-22-20-26(27-18-13-14-19-30(27)34)17-12-11-16-25-23-28(32)31(35)29(33)24-25/h11-14,16-20,22-24H,2-10,15,21H2,1H3/b12-11+,26-17+. The van der Waals surface area contributed by atoms with Crippen molar-refractivity contribution in [3.8, 4) is 0 Å². The zero-order valence-corrected chi connectivity index (χ0v) is 24.0. The van der Waals surface area contributed by atoms with Crippen LogP contribution in [0.4, 0.5) is 5.69 Å². The lowest BCUT2D eigenvalue weighted by Crippen LogP contribution is -2.21. The van der Waals surface area contributed by atoms with Crippen LogP contribution in [-0.4, -0.2) is 12.3 Å². The van der Waals surface area contributed by atoms with E-state index in [0.717, 1.165) is 12.1 Å². The number of para-hydroxylation sites is 1. The molecule has 2 nitrogen and oxygen atoms in total. The summed E-state index contributed by atoms with van der Waals surface area (Å²) in [6, 6.07) is 8.66. The van der Waals surface area contributed by atoms with Gasteiger partial charge in [0.05, 0.1) is 8.96 Å². The highest BCUT2D eigenvalue weighted by Gasteiger charge is 2.16. The zero-order chi connectivity index (χ0) is 24.9. The van der Waals surface area contributed by atoms with Gasteiger partial charge in [-0.1, -0.05) is 107 Å². The molecule has 2 aliphatic rings. The third-order valence-electron chi connectivity index (χ3n) is 6.41. The minimum Gasteiger partial charge on any atom is -0.347 e. The van der Waals surface area contributed by atoms with Gasteiger partial charge >= 0.3 is 0 Å². The van der Waals surface area contributed by atoms with Gasteiger partial charge in [-0.15, -0.1) is 0 Å². The third-order valence-corrected chi connectivity index (χ3v) is 7.59. The lowest BCUT2D eigenvalue weighted by molar-refractivity contribution is -0.110. The number of ketones is 1. The van der Waals surface area contributed by atoms with Crippen molar-refractivity contribution in [1.82, 2.24) is 0 Å². The zero-order valence-electron chi connectivity index (χ0n) is 20.8. The van der Waals surface area contributed by atoms with Gasteiger partial charge in [0.15, 0.2) is 0 Å². The maximum absolute atomic E-state index is 11.8. The SMILES string of the molecule is CCCCCCCCCCCCN1C=C/C(=C\C=C\C=C2C=C(Br)C(=O)C(Br)=C2)c2ccccc21. The number of benzene rings is 1. The van der Waals surface area contributed by atoms with Crippen molar-refractivity contribution >= 4 is 48.9 Å². The quantitative estimate of drug-likeness (QED) is 0.210. The second-order valence-corrected chi connectivity index (χ2v) is 10.9. The number of rotatable bonds is 13. The van der Waals surface area contributed by atoms with Crippen molar-refractivity contribution in [3.05, 3.63) is 93.1 Å². The molecule has 4 heteroatoms. The molecule has 1 heterocycles. The molecule has 35 heavy (non-hydrogen) atoms. The number of carbonyl (C=O) groups is 1. The molecule has 0 atom stereocenters. The first-order valence-corrected chi connectivity index (χ1v) is 14.6. The van der Waals surface area contributed by atoms with Crippen LogP contribution in [0.2, 0.25) is 0 Å². The summed E-state index contributed by atoms with van der Waals surface area (Å²) in [5, 5.41) is 0. The Labute approximate surface area is 228 Å². The fraction of sp³-hybridized carbons (Fsp3) is 0.387. The topological polar surface area (TPSA) is 20.3 Å². The van der Waals surface area contributed by atoms with Gasteiger partial charge in [-0.05, 0) is 73.7 Å². The Morgan fingerprint density at radius 3 is 2.09 bits per heavy atom. The van der Waals surface area contributed by atoms with Crippen LogP contribution in [0.1, 0.15) is 76.7 Å². The number of halogens is 2. The Morgan fingerprint density at radius 2 is 1.40 bits per heavy atom. The predicted molar refractivity (Wildman–Crippen MR) is 159 cm³/mol. The summed E-state index contributed by atoms with van der Waals surface area (Å²) in [6.45, 7) is 3.35. The second-order valence-electron chi connectivity index (χ2n) is 9.20. The van der Waals surface area contributed by atoms with E-state index in [2.05, 4.69) is 92.4 Å². The maximum atomic E-state index is 11.8. The van der Waals surface area contributed by atoms with E-state index < -0.39 is 0 Å². The molecule has 1 aliphatic carbocycles. The Bertz CT molecular complexity index is 1020. The fourth-order valence-electron chi connectivity index (χ4n) is 4.42. The lowest BCUT2D eigenvalue weighted by atomic mass is 9.99. The van der Waals surface area contributed by atoms with Crippen LogP contribution in [0, 0.1) is 0 Å². The molecule has 0 spiro atoms. The van der Waals surface area contributed by atoms with Crippen LogP contribution >= 0.6 is 31.9 Å². The molecule has 0 amide bonds. The molecule has 1 aromatic carbocycles. The third kappa shape index (κ3) is 8.91. The average Bonchev–Trinajstić information content (AvgIpc) is 2.87. The van der Waals surface area contributed by atoms with Crippen LogP contribution in [0.15, 0.2) is 87.5 Å². The monoisotopic (exact) mass is 597 g/mol. The molecule has 0 saturated heterocycles. The van der Waals surface area contributed by atoms with Crippen molar-refractivity contribution in [3.63, 3.8) is 0 Å². The molecule has 1 aliphatic heterocycles. The van der Waals surface area contributed by atoms with Gasteiger partial charge in [0.1, 0.15) is 0 Å². The fourth-order valence-corrected chi connectivity index (χ4v) is 5.64. The Balaban J connectivity index is 1.50. The minimum atomic E-state index is -0.0282. The molecule has 0 aromatic heterocycles. The summed E-state index contributed by atoms with van der Waals surface area (Å²) in [4.78, 5) is 14.2. The summed E-state index contributed by atoms with van der Waals surface area (Å²) in [6.07, 6.45) is 30.0. The highest BCUT2D eigenvalue weighted by Crippen LogP contribution is 2.33. The molecule has 0 radical (unpaired) electrons. The van der Waals surface area contributed by atoms with Crippen molar-refractivity contribution in [2.45, 2.75) is 71.1 Å². The number of anilines is 1. The summed E-state index contributed by atoms with van der Waals surface area (Å²) in [7, 11) is 0. The van der Waals surface area contributed by atoms with E-state index >= 15 is 0 Å². The summed E-state index contributed by atoms with van der Waals surface area (Å²) >= 11 is 6.65. The first kappa shape index (κ1) is 27.7. The number of fused-ring (bicyclic) bond motifs is 1. The van der Waals surface area contributed by atoms with Crippen LogP contribution in [0.3, 0.4) is 0 Å². The van der Waals surface area contributed by atoms with Gasteiger partial charge in [0.2, 0.25) is 5.78 Å². The van der Waals surface area contributed by atoms with Crippen LogP contribution in [0.5, 0.6) is 0 Å². The van der Waals surface area contributed by atoms with E-state index in [1.807, 2.05) is 24.3 Å². The largest absolute Gasteiger partial charge is 0.347 e. The van der Waals surface area contributed by atoms with E-state index in [-0.39, 0.29) is 5.78 Å². The molecule has 1 aromatic rings.